The summed E-state index contributed by atoms with van der Waals surface area (Å²) in [7, 11) is 2.13. The molecule has 2 aliphatic rings. The van der Waals surface area contributed by atoms with Crippen LogP contribution in [0, 0.1) is 20.8 Å². The molecular weight excluding hydrogens is 424 g/mol. The van der Waals surface area contributed by atoms with Crippen molar-refractivity contribution in [2.45, 2.75) is 26.2 Å². The molecule has 0 saturated heterocycles. The molecule has 5 aromatic rings. The average molecular weight is 452 g/mol. The molecule has 0 bridgehead atoms. The largest absolute Gasteiger partial charge is 0.245 e. The van der Waals surface area contributed by atoms with Crippen molar-refractivity contribution < 1.29 is 4.57 Å². The SMILES string of the molecule is Cc1c[n+](C)c(-c2cc3c(cc2C)-c2ccccc2C32c3ccccc3-c3ccccc32)c(C)n1. The van der Waals surface area contributed by atoms with Gasteiger partial charge in [-0.25, -0.2) is 4.98 Å². The number of benzene rings is 4. The average Bonchev–Trinajstić information content (AvgIpc) is 3.31. The Balaban J connectivity index is 1.64. The lowest BCUT2D eigenvalue weighted by Gasteiger charge is -2.30. The molecule has 0 saturated carbocycles. The van der Waals surface area contributed by atoms with Crippen molar-refractivity contribution in [3.63, 3.8) is 0 Å². The van der Waals surface area contributed by atoms with Crippen molar-refractivity contribution in [3.05, 3.63) is 130 Å². The Morgan fingerprint density at radius 2 is 1.11 bits per heavy atom. The zero-order chi connectivity index (χ0) is 23.9. The number of hydrogen-bond acceptors (Lipinski definition) is 1. The van der Waals surface area contributed by atoms with Crippen LogP contribution in [-0.2, 0) is 12.5 Å². The van der Waals surface area contributed by atoms with Crippen molar-refractivity contribution >= 4 is 0 Å². The lowest BCUT2D eigenvalue weighted by Crippen LogP contribution is -2.33. The van der Waals surface area contributed by atoms with Crippen LogP contribution >= 0.6 is 0 Å². The van der Waals surface area contributed by atoms with E-state index in [1.165, 1.54) is 61.3 Å². The molecule has 2 aliphatic carbocycles. The monoisotopic (exact) mass is 451 g/mol. The minimum atomic E-state index is -0.313. The Labute approximate surface area is 206 Å². The minimum absolute atomic E-state index is 0.313. The van der Waals surface area contributed by atoms with E-state index in [4.69, 9.17) is 4.98 Å². The molecule has 0 fully saturated rings. The van der Waals surface area contributed by atoms with Gasteiger partial charge in [0.2, 0.25) is 5.69 Å². The highest BCUT2D eigenvalue weighted by molar-refractivity contribution is 5.96. The predicted molar refractivity (Wildman–Crippen MR) is 141 cm³/mol. The highest BCUT2D eigenvalue weighted by Crippen LogP contribution is 2.63. The summed E-state index contributed by atoms with van der Waals surface area (Å²) in [5.74, 6) is 0. The maximum atomic E-state index is 4.82. The zero-order valence-electron chi connectivity index (χ0n) is 20.6. The van der Waals surface area contributed by atoms with Gasteiger partial charge < -0.3 is 0 Å². The van der Waals surface area contributed by atoms with Gasteiger partial charge in [-0.1, -0.05) is 78.9 Å². The van der Waals surface area contributed by atoms with Gasteiger partial charge in [0.1, 0.15) is 18.4 Å². The van der Waals surface area contributed by atoms with Crippen molar-refractivity contribution in [2.24, 2.45) is 7.05 Å². The van der Waals surface area contributed by atoms with E-state index in [1.807, 2.05) is 0 Å². The molecule has 168 valence electrons. The van der Waals surface area contributed by atoms with E-state index < -0.39 is 0 Å². The Morgan fingerprint density at radius 3 is 1.66 bits per heavy atom. The van der Waals surface area contributed by atoms with Gasteiger partial charge in [-0.2, -0.15) is 4.57 Å². The third-order valence-electron chi connectivity index (χ3n) is 8.02. The third kappa shape index (κ3) is 2.49. The zero-order valence-corrected chi connectivity index (χ0v) is 20.6. The van der Waals surface area contributed by atoms with E-state index in [2.05, 4.69) is 124 Å². The van der Waals surface area contributed by atoms with Crippen molar-refractivity contribution in [1.29, 1.82) is 0 Å². The van der Waals surface area contributed by atoms with Crippen LogP contribution in [0.25, 0.3) is 33.5 Å². The van der Waals surface area contributed by atoms with Crippen molar-refractivity contribution in [2.75, 3.05) is 0 Å². The fourth-order valence-corrected chi connectivity index (χ4v) is 6.83. The number of rotatable bonds is 1. The molecule has 1 heterocycles. The van der Waals surface area contributed by atoms with Crippen LogP contribution in [0.2, 0.25) is 0 Å². The molecular formula is C33H27N2+. The van der Waals surface area contributed by atoms with E-state index in [1.54, 1.807) is 0 Å². The summed E-state index contributed by atoms with van der Waals surface area (Å²) in [6.45, 7) is 6.42. The summed E-state index contributed by atoms with van der Waals surface area (Å²) in [5, 5.41) is 0. The summed E-state index contributed by atoms with van der Waals surface area (Å²) < 4.78 is 2.23. The van der Waals surface area contributed by atoms with Crippen LogP contribution in [0.5, 0.6) is 0 Å². The van der Waals surface area contributed by atoms with Gasteiger partial charge in [-0.05, 0) is 76.9 Å². The lowest BCUT2D eigenvalue weighted by atomic mass is 9.70. The van der Waals surface area contributed by atoms with Gasteiger partial charge >= 0.3 is 0 Å². The fourth-order valence-electron chi connectivity index (χ4n) is 6.83. The molecule has 0 amide bonds. The van der Waals surface area contributed by atoms with E-state index in [-0.39, 0.29) is 5.41 Å². The second kappa shape index (κ2) is 6.99. The quantitative estimate of drug-likeness (QED) is 0.250. The van der Waals surface area contributed by atoms with Gasteiger partial charge in [0.15, 0.2) is 6.20 Å². The second-order valence-corrected chi connectivity index (χ2v) is 10.0. The number of aromatic nitrogens is 2. The molecule has 0 radical (unpaired) electrons. The fraction of sp³-hybridized carbons (Fsp3) is 0.152. The van der Waals surface area contributed by atoms with Gasteiger partial charge in [0.25, 0.3) is 0 Å². The first kappa shape index (κ1) is 20.3. The van der Waals surface area contributed by atoms with Crippen molar-refractivity contribution in [3.8, 4) is 33.5 Å². The topological polar surface area (TPSA) is 16.8 Å². The molecule has 0 unspecified atom stereocenters. The standard InChI is InChI=1S/C33H27N2/c1-20-17-27-25-13-7-10-16-30(25)33(28-14-8-5-11-23(28)24-12-6-9-15-29(24)33)31(27)18-26(20)32-22(3)34-21(2)19-35(32)4/h5-19H,1-4H3/q+1. The first-order valence-corrected chi connectivity index (χ1v) is 12.3. The van der Waals surface area contributed by atoms with Crippen LogP contribution in [0.4, 0.5) is 0 Å². The Bertz CT molecular complexity index is 1620. The number of aryl methyl sites for hydroxylation is 4. The molecule has 0 atom stereocenters. The van der Waals surface area contributed by atoms with Crippen LogP contribution < -0.4 is 4.57 Å². The third-order valence-corrected chi connectivity index (χ3v) is 8.02. The Morgan fingerprint density at radius 1 is 0.600 bits per heavy atom. The van der Waals surface area contributed by atoms with Gasteiger partial charge in [0.05, 0.1) is 11.0 Å². The second-order valence-electron chi connectivity index (χ2n) is 10.0. The summed E-state index contributed by atoms with van der Waals surface area (Å²) in [4.78, 5) is 4.82. The first-order chi connectivity index (χ1) is 17.0. The Kier molecular flexibility index (Phi) is 4.06. The predicted octanol–water partition coefficient (Wildman–Crippen LogP) is 6.84. The molecule has 4 aromatic carbocycles. The van der Waals surface area contributed by atoms with Crippen molar-refractivity contribution in [1.82, 2.24) is 4.98 Å². The maximum absolute atomic E-state index is 4.82. The van der Waals surface area contributed by atoms with Crippen LogP contribution in [0.15, 0.2) is 91.1 Å². The highest BCUT2D eigenvalue weighted by Gasteiger charge is 2.51. The van der Waals surface area contributed by atoms with E-state index in [9.17, 15) is 0 Å². The minimum Gasteiger partial charge on any atom is -0.245 e. The lowest BCUT2D eigenvalue weighted by molar-refractivity contribution is -0.661. The number of fused-ring (bicyclic) bond motifs is 10. The summed E-state index contributed by atoms with van der Waals surface area (Å²) >= 11 is 0. The molecule has 1 aromatic heterocycles. The summed E-state index contributed by atoms with van der Waals surface area (Å²) in [6, 6.07) is 31.8. The molecule has 35 heavy (non-hydrogen) atoms. The van der Waals surface area contributed by atoms with Gasteiger partial charge in [-0.15, -0.1) is 0 Å². The molecule has 1 spiro atoms. The van der Waals surface area contributed by atoms with Gasteiger partial charge in [-0.3, -0.25) is 0 Å². The maximum Gasteiger partial charge on any atom is 0.233 e. The van der Waals surface area contributed by atoms with Crippen LogP contribution in [0.1, 0.15) is 39.2 Å². The molecule has 2 nitrogen and oxygen atoms in total. The highest BCUT2D eigenvalue weighted by atomic mass is 15.0. The number of hydrogen-bond donors (Lipinski definition) is 0. The molecule has 7 rings (SSSR count). The number of nitrogens with zero attached hydrogens (tertiary/aromatic N) is 2. The van der Waals surface area contributed by atoms with E-state index in [0.717, 1.165) is 11.4 Å². The normalized spacial score (nSPS) is 13.9. The Hall–Kier alpha value is -4.04. The van der Waals surface area contributed by atoms with Crippen LogP contribution in [-0.4, -0.2) is 4.98 Å². The van der Waals surface area contributed by atoms with E-state index >= 15 is 0 Å². The smallest absolute Gasteiger partial charge is 0.233 e. The van der Waals surface area contributed by atoms with E-state index in [0.29, 0.717) is 0 Å². The van der Waals surface area contributed by atoms with Gasteiger partial charge in [0, 0.05) is 0 Å². The molecule has 2 heteroatoms. The molecule has 0 N–H and O–H groups in total. The van der Waals surface area contributed by atoms with Crippen LogP contribution in [0.3, 0.4) is 0 Å². The summed E-state index contributed by atoms with van der Waals surface area (Å²) in [5.41, 5.74) is 16.4. The molecule has 0 aliphatic heterocycles. The first-order valence-electron chi connectivity index (χ1n) is 12.3. The summed E-state index contributed by atoms with van der Waals surface area (Å²) in [6.07, 6.45) is 2.12.